The molecule has 29 heavy (non-hydrogen) atoms. The predicted molar refractivity (Wildman–Crippen MR) is 122 cm³/mol. The fourth-order valence-electron chi connectivity index (χ4n) is 3.84. The van der Waals surface area contributed by atoms with Crippen molar-refractivity contribution in [2.45, 2.75) is 18.9 Å². The number of hydrogen-bond acceptors (Lipinski definition) is 2. The first kappa shape index (κ1) is 19.9. The summed E-state index contributed by atoms with van der Waals surface area (Å²) in [5, 5.41) is 11.4. The second-order valence-electron chi connectivity index (χ2n) is 7.58. The lowest BCUT2D eigenvalue weighted by atomic mass is 9.98. The van der Waals surface area contributed by atoms with E-state index in [4.69, 9.17) is 11.6 Å². The van der Waals surface area contributed by atoms with E-state index in [1.54, 1.807) is 0 Å². The van der Waals surface area contributed by atoms with Gasteiger partial charge in [-0.05, 0) is 52.8 Å². The second-order valence-corrected chi connectivity index (χ2v) is 8.02. The smallest absolute Gasteiger partial charge is 0.0802 e. The molecule has 0 aliphatic carbocycles. The van der Waals surface area contributed by atoms with Crippen molar-refractivity contribution in [2.75, 3.05) is 19.6 Å². The molecule has 1 aliphatic heterocycles. The Balaban J connectivity index is 1.30. The first-order valence-electron chi connectivity index (χ1n) is 10.2. The lowest BCUT2D eigenvalue weighted by Gasteiger charge is -2.27. The largest absolute Gasteiger partial charge is 0.388 e. The monoisotopic (exact) mass is 403 g/mol. The summed E-state index contributed by atoms with van der Waals surface area (Å²) in [4.78, 5) is 2.41. The van der Waals surface area contributed by atoms with E-state index in [9.17, 15) is 5.11 Å². The van der Waals surface area contributed by atoms with Gasteiger partial charge in [0.15, 0.2) is 0 Å². The van der Waals surface area contributed by atoms with Crippen LogP contribution in [0.1, 0.15) is 30.1 Å². The molecule has 0 amide bonds. The van der Waals surface area contributed by atoms with E-state index in [1.807, 2.05) is 36.4 Å². The van der Waals surface area contributed by atoms with Crippen LogP contribution in [0.4, 0.5) is 0 Å². The van der Waals surface area contributed by atoms with Gasteiger partial charge in [-0.1, -0.05) is 84.4 Å². The average Bonchev–Trinajstić information content (AvgIpc) is 2.79. The Morgan fingerprint density at radius 3 is 2.10 bits per heavy atom. The van der Waals surface area contributed by atoms with Crippen LogP contribution in [0.25, 0.3) is 16.7 Å². The lowest BCUT2D eigenvalue weighted by Crippen LogP contribution is -2.30. The number of rotatable bonds is 6. The van der Waals surface area contributed by atoms with Crippen LogP contribution in [-0.4, -0.2) is 29.6 Å². The summed E-state index contributed by atoms with van der Waals surface area (Å²) < 4.78 is 0. The maximum atomic E-state index is 10.6. The lowest BCUT2D eigenvalue weighted by molar-refractivity contribution is 0.145. The van der Waals surface area contributed by atoms with Crippen molar-refractivity contribution < 1.29 is 5.11 Å². The molecule has 3 aromatic carbocycles. The number of aliphatic hydroxyl groups excluding tert-OH is 1. The third-order valence-electron chi connectivity index (χ3n) is 5.63. The molecule has 0 fully saturated rings. The Hall–Kier alpha value is -2.39. The maximum absolute atomic E-state index is 10.6. The Bertz CT molecular complexity index is 948. The summed E-state index contributed by atoms with van der Waals surface area (Å²) in [6, 6.07) is 26.6. The predicted octanol–water partition coefficient (Wildman–Crippen LogP) is 6.22. The Morgan fingerprint density at radius 1 is 0.828 bits per heavy atom. The highest BCUT2D eigenvalue weighted by Crippen LogP contribution is 2.26. The van der Waals surface area contributed by atoms with E-state index in [-0.39, 0.29) is 0 Å². The molecule has 0 saturated carbocycles. The minimum absolute atomic E-state index is 0.436. The SMILES string of the molecule is OC(CCN1CC=C(c2ccccc2)CC1)c1ccc(-c2ccc(Cl)cc2)cc1. The molecule has 0 saturated heterocycles. The first-order valence-corrected chi connectivity index (χ1v) is 10.6. The van der Waals surface area contributed by atoms with Gasteiger partial charge in [-0.2, -0.15) is 0 Å². The number of benzene rings is 3. The van der Waals surface area contributed by atoms with E-state index in [1.165, 1.54) is 11.1 Å². The summed E-state index contributed by atoms with van der Waals surface area (Å²) in [6.45, 7) is 2.90. The van der Waals surface area contributed by atoms with Gasteiger partial charge < -0.3 is 5.11 Å². The van der Waals surface area contributed by atoms with Gasteiger partial charge in [-0.3, -0.25) is 4.90 Å². The van der Waals surface area contributed by atoms with Crippen molar-refractivity contribution in [2.24, 2.45) is 0 Å². The van der Waals surface area contributed by atoms with Crippen LogP contribution in [0.5, 0.6) is 0 Å². The van der Waals surface area contributed by atoms with Gasteiger partial charge in [0.25, 0.3) is 0 Å². The van der Waals surface area contributed by atoms with Gasteiger partial charge >= 0.3 is 0 Å². The molecule has 0 bridgehead atoms. The molecule has 3 aromatic rings. The molecule has 0 spiro atoms. The number of hydrogen-bond donors (Lipinski definition) is 1. The molecule has 148 valence electrons. The van der Waals surface area contributed by atoms with Gasteiger partial charge in [-0.15, -0.1) is 0 Å². The van der Waals surface area contributed by atoms with Crippen LogP contribution in [-0.2, 0) is 0 Å². The molecule has 0 aromatic heterocycles. The standard InChI is InChI=1S/C26H26ClNO/c27-25-12-10-22(11-13-25)21-6-8-24(9-7-21)26(29)16-19-28-17-14-23(15-18-28)20-4-2-1-3-5-20/h1-14,26,29H,15-19H2. The van der Waals surface area contributed by atoms with Crippen molar-refractivity contribution in [3.8, 4) is 11.1 Å². The van der Waals surface area contributed by atoms with Gasteiger partial charge in [0.2, 0.25) is 0 Å². The van der Waals surface area contributed by atoms with Crippen molar-refractivity contribution >= 4 is 17.2 Å². The Labute approximate surface area is 178 Å². The van der Waals surface area contributed by atoms with Crippen LogP contribution >= 0.6 is 11.6 Å². The van der Waals surface area contributed by atoms with Crippen LogP contribution < -0.4 is 0 Å². The Morgan fingerprint density at radius 2 is 1.48 bits per heavy atom. The summed E-state index contributed by atoms with van der Waals surface area (Å²) in [5.74, 6) is 0. The minimum atomic E-state index is -0.436. The molecule has 3 heteroatoms. The van der Waals surface area contributed by atoms with Crippen molar-refractivity contribution in [3.63, 3.8) is 0 Å². The molecule has 4 rings (SSSR count). The molecule has 1 N–H and O–H groups in total. The van der Waals surface area contributed by atoms with E-state index in [0.29, 0.717) is 0 Å². The van der Waals surface area contributed by atoms with Gasteiger partial charge in [0.1, 0.15) is 0 Å². The van der Waals surface area contributed by atoms with E-state index in [0.717, 1.165) is 54.2 Å². The van der Waals surface area contributed by atoms with Crippen LogP contribution in [0, 0.1) is 0 Å². The van der Waals surface area contributed by atoms with Crippen LogP contribution in [0.3, 0.4) is 0 Å². The highest BCUT2D eigenvalue weighted by atomic mass is 35.5. The number of aliphatic hydroxyl groups is 1. The van der Waals surface area contributed by atoms with Crippen LogP contribution in [0.15, 0.2) is 84.9 Å². The van der Waals surface area contributed by atoms with E-state index >= 15 is 0 Å². The molecule has 1 aliphatic rings. The summed E-state index contributed by atoms with van der Waals surface area (Å²) >= 11 is 5.96. The summed E-state index contributed by atoms with van der Waals surface area (Å²) in [7, 11) is 0. The maximum Gasteiger partial charge on any atom is 0.0802 e. The Kier molecular flexibility index (Phi) is 6.46. The zero-order valence-electron chi connectivity index (χ0n) is 16.5. The minimum Gasteiger partial charge on any atom is -0.388 e. The zero-order chi connectivity index (χ0) is 20.1. The molecule has 0 radical (unpaired) electrons. The highest BCUT2D eigenvalue weighted by molar-refractivity contribution is 6.30. The van der Waals surface area contributed by atoms with E-state index < -0.39 is 6.10 Å². The third-order valence-corrected chi connectivity index (χ3v) is 5.88. The van der Waals surface area contributed by atoms with E-state index in [2.05, 4.69) is 53.4 Å². The molecule has 1 heterocycles. The fraction of sp³-hybridized carbons (Fsp3) is 0.231. The molecule has 2 nitrogen and oxygen atoms in total. The molecular formula is C26H26ClNO. The average molecular weight is 404 g/mol. The molecule has 1 unspecified atom stereocenters. The number of nitrogens with zero attached hydrogens (tertiary/aromatic N) is 1. The summed E-state index contributed by atoms with van der Waals surface area (Å²) in [6.07, 6.45) is 3.70. The van der Waals surface area contributed by atoms with Crippen molar-refractivity contribution in [1.29, 1.82) is 0 Å². The van der Waals surface area contributed by atoms with Crippen LogP contribution in [0.2, 0.25) is 5.02 Å². The quantitative estimate of drug-likeness (QED) is 0.528. The summed E-state index contributed by atoms with van der Waals surface area (Å²) in [5.41, 5.74) is 5.99. The van der Waals surface area contributed by atoms with Gasteiger partial charge in [0.05, 0.1) is 6.10 Å². The highest BCUT2D eigenvalue weighted by Gasteiger charge is 2.15. The molecular weight excluding hydrogens is 378 g/mol. The second kappa shape index (κ2) is 9.41. The first-order chi connectivity index (χ1) is 14.2. The van der Waals surface area contributed by atoms with Gasteiger partial charge in [-0.25, -0.2) is 0 Å². The number of halogens is 1. The normalized spacial score (nSPS) is 15.7. The molecule has 1 atom stereocenters. The van der Waals surface area contributed by atoms with Crippen molar-refractivity contribution in [1.82, 2.24) is 4.90 Å². The zero-order valence-corrected chi connectivity index (χ0v) is 17.2. The van der Waals surface area contributed by atoms with Gasteiger partial charge in [0, 0.05) is 24.7 Å². The topological polar surface area (TPSA) is 23.5 Å². The fourth-order valence-corrected chi connectivity index (χ4v) is 3.97. The third kappa shape index (κ3) is 5.16. The van der Waals surface area contributed by atoms with Crippen molar-refractivity contribution in [3.05, 3.63) is 101 Å².